The van der Waals surface area contributed by atoms with Crippen LogP contribution in [0, 0.1) is 0 Å². The Morgan fingerprint density at radius 3 is 2.06 bits per heavy atom. The van der Waals surface area contributed by atoms with Gasteiger partial charge in [-0.25, -0.2) is 9.97 Å². The van der Waals surface area contributed by atoms with Crippen LogP contribution in [-0.4, -0.2) is 36.1 Å². The van der Waals surface area contributed by atoms with Crippen LogP contribution in [0.1, 0.15) is 17.2 Å². The van der Waals surface area contributed by atoms with Gasteiger partial charge in [0, 0.05) is 27.1 Å². The Morgan fingerprint density at radius 2 is 1.43 bits per heavy atom. The smallest absolute Gasteiger partial charge is 0.141 e. The zero-order chi connectivity index (χ0) is 23.6. The normalized spacial score (nSPS) is 14.6. The number of benzene rings is 3. The predicted octanol–water partition coefficient (Wildman–Crippen LogP) is 5.51. The van der Waals surface area contributed by atoms with Crippen molar-refractivity contribution in [3.8, 4) is 11.1 Å². The van der Waals surface area contributed by atoms with Gasteiger partial charge in [0.15, 0.2) is 0 Å². The van der Waals surface area contributed by atoms with E-state index < -0.39 is 0 Å². The number of thiophene rings is 1. The second kappa shape index (κ2) is 9.78. The standard InChI is InChI=1S/C29H25ClN4S/c30-24-13-11-21(12-14-24)25-19-35-29-26(25)28(31-20-32-29)34-17-15-33(16-18-34)27(22-7-3-1-4-8-22)23-9-5-2-6-10-23/h1-14,19-20,27H,15-18H2/p+1. The van der Waals surface area contributed by atoms with Gasteiger partial charge in [-0.2, -0.15) is 0 Å². The van der Waals surface area contributed by atoms with Gasteiger partial charge in [-0.3, -0.25) is 0 Å². The molecular formula is C29H26ClN4S+. The molecule has 3 heterocycles. The minimum atomic E-state index is 0.329. The van der Waals surface area contributed by atoms with E-state index in [-0.39, 0.29) is 0 Å². The van der Waals surface area contributed by atoms with Gasteiger partial charge in [0.1, 0.15) is 23.0 Å². The lowest BCUT2D eigenvalue weighted by atomic mass is 9.96. The molecule has 1 fully saturated rings. The Labute approximate surface area is 214 Å². The van der Waals surface area contributed by atoms with Crippen LogP contribution in [0.4, 0.5) is 5.82 Å². The van der Waals surface area contributed by atoms with E-state index >= 15 is 0 Å². The molecule has 2 aromatic heterocycles. The van der Waals surface area contributed by atoms with Crippen molar-refractivity contribution in [2.24, 2.45) is 0 Å². The third-order valence-electron chi connectivity index (χ3n) is 6.88. The van der Waals surface area contributed by atoms with Crippen molar-refractivity contribution >= 4 is 39.0 Å². The number of aromatic nitrogens is 2. The molecule has 6 rings (SSSR count). The van der Waals surface area contributed by atoms with Crippen LogP contribution >= 0.6 is 22.9 Å². The largest absolute Gasteiger partial charge is 0.345 e. The maximum Gasteiger partial charge on any atom is 0.141 e. The van der Waals surface area contributed by atoms with Gasteiger partial charge in [-0.15, -0.1) is 11.3 Å². The highest BCUT2D eigenvalue weighted by atomic mass is 35.5. The summed E-state index contributed by atoms with van der Waals surface area (Å²) in [5.41, 5.74) is 5.07. The van der Waals surface area contributed by atoms with Gasteiger partial charge >= 0.3 is 0 Å². The van der Waals surface area contributed by atoms with Gasteiger partial charge in [-0.05, 0) is 17.7 Å². The Hall–Kier alpha value is -3.25. The van der Waals surface area contributed by atoms with Crippen LogP contribution in [0.5, 0.6) is 0 Å². The first kappa shape index (κ1) is 22.2. The lowest BCUT2D eigenvalue weighted by Crippen LogP contribution is -3.15. The molecule has 1 saturated heterocycles. The zero-order valence-electron chi connectivity index (χ0n) is 19.3. The predicted molar refractivity (Wildman–Crippen MR) is 145 cm³/mol. The van der Waals surface area contributed by atoms with Gasteiger partial charge < -0.3 is 9.80 Å². The van der Waals surface area contributed by atoms with Gasteiger partial charge in [0.25, 0.3) is 0 Å². The number of rotatable bonds is 5. The molecule has 0 unspecified atom stereocenters. The summed E-state index contributed by atoms with van der Waals surface area (Å²) in [6, 6.07) is 30.2. The fourth-order valence-corrected chi connectivity index (χ4v) is 6.23. The number of nitrogens with zero attached hydrogens (tertiary/aromatic N) is 3. The van der Waals surface area contributed by atoms with Crippen LogP contribution in [0.15, 0.2) is 96.6 Å². The third kappa shape index (κ3) is 4.43. The van der Waals surface area contributed by atoms with E-state index in [1.54, 1.807) is 22.6 Å². The Kier molecular flexibility index (Phi) is 6.21. The Balaban J connectivity index is 1.30. The van der Waals surface area contributed by atoms with E-state index in [0.717, 1.165) is 52.8 Å². The molecule has 1 aliphatic heterocycles. The van der Waals surface area contributed by atoms with Gasteiger partial charge in [0.2, 0.25) is 0 Å². The highest BCUT2D eigenvalue weighted by Gasteiger charge is 2.31. The lowest BCUT2D eigenvalue weighted by molar-refractivity contribution is -0.926. The molecule has 0 spiro atoms. The maximum absolute atomic E-state index is 6.14. The molecule has 0 saturated carbocycles. The number of halogens is 1. The van der Waals surface area contributed by atoms with Gasteiger partial charge in [0.05, 0.1) is 31.6 Å². The van der Waals surface area contributed by atoms with Crippen LogP contribution < -0.4 is 9.80 Å². The summed E-state index contributed by atoms with van der Waals surface area (Å²) in [6.45, 7) is 3.99. The molecule has 35 heavy (non-hydrogen) atoms. The molecule has 5 aromatic rings. The fraction of sp³-hybridized carbons (Fsp3) is 0.172. The highest BCUT2D eigenvalue weighted by molar-refractivity contribution is 7.17. The second-order valence-corrected chi connectivity index (χ2v) is 10.2. The third-order valence-corrected chi connectivity index (χ3v) is 8.02. The fourth-order valence-electron chi connectivity index (χ4n) is 5.19. The Bertz CT molecular complexity index is 1370. The van der Waals surface area contributed by atoms with Crippen molar-refractivity contribution in [3.63, 3.8) is 0 Å². The molecule has 0 aliphatic carbocycles. The average molecular weight is 498 g/mol. The molecule has 0 amide bonds. The first-order valence-corrected chi connectivity index (χ1v) is 13.2. The molecule has 174 valence electrons. The summed E-state index contributed by atoms with van der Waals surface area (Å²) in [5.74, 6) is 1.04. The Morgan fingerprint density at radius 1 is 0.800 bits per heavy atom. The van der Waals surface area contributed by atoms with Crippen molar-refractivity contribution < 1.29 is 4.90 Å². The van der Waals surface area contributed by atoms with Crippen LogP contribution in [0.25, 0.3) is 21.3 Å². The van der Waals surface area contributed by atoms with Crippen molar-refractivity contribution in [2.45, 2.75) is 6.04 Å². The summed E-state index contributed by atoms with van der Waals surface area (Å²) >= 11 is 7.81. The van der Waals surface area contributed by atoms with Gasteiger partial charge in [-0.1, -0.05) is 84.4 Å². The lowest BCUT2D eigenvalue weighted by Gasteiger charge is -2.37. The quantitative estimate of drug-likeness (QED) is 0.348. The molecule has 0 radical (unpaired) electrons. The van der Waals surface area contributed by atoms with Crippen molar-refractivity contribution in [3.05, 3.63) is 113 Å². The van der Waals surface area contributed by atoms with Crippen molar-refractivity contribution in [2.75, 3.05) is 31.1 Å². The molecule has 0 bridgehead atoms. The minimum Gasteiger partial charge on any atom is -0.345 e. The first-order chi connectivity index (χ1) is 17.3. The number of nitrogens with one attached hydrogen (secondary N) is 1. The van der Waals surface area contributed by atoms with E-state index in [1.165, 1.54) is 16.7 Å². The summed E-state index contributed by atoms with van der Waals surface area (Å²) in [5, 5.41) is 4.08. The van der Waals surface area contributed by atoms with Crippen LogP contribution in [-0.2, 0) is 0 Å². The average Bonchev–Trinajstić information content (AvgIpc) is 3.36. The summed E-state index contributed by atoms with van der Waals surface area (Å²) in [7, 11) is 0. The van der Waals surface area contributed by atoms with Crippen molar-refractivity contribution in [1.82, 2.24) is 9.97 Å². The first-order valence-electron chi connectivity index (χ1n) is 12.0. The van der Waals surface area contributed by atoms with E-state index in [1.807, 2.05) is 12.1 Å². The number of anilines is 1. The topological polar surface area (TPSA) is 33.5 Å². The molecule has 1 N–H and O–H groups in total. The molecule has 0 atom stereocenters. The summed E-state index contributed by atoms with van der Waals surface area (Å²) in [6.07, 6.45) is 1.70. The monoisotopic (exact) mass is 497 g/mol. The molecule has 4 nitrogen and oxygen atoms in total. The molecule has 6 heteroatoms. The van der Waals surface area contributed by atoms with Crippen LogP contribution in [0.2, 0.25) is 5.02 Å². The zero-order valence-corrected chi connectivity index (χ0v) is 20.8. The van der Waals surface area contributed by atoms with E-state index in [2.05, 4.69) is 88.1 Å². The molecule has 3 aromatic carbocycles. The van der Waals surface area contributed by atoms with E-state index in [0.29, 0.717) is 6.04 Å². The summed E-state index contributed by atoms with van der Waals surface area (Å²) in [4.78, 5) is 14.4. The number of hydrogen-bond acceptors (Lipinski definition) is 4. The van der Waals surface area contributed by atoms with E-state index in [4.69, 9.17) is 16.6 Å². The summed E-state index contributed by atoms with van der Waals surface area (Å²) < 4.78 is 0. The SMILES string of the molecule is Clc1ccc(-c2csc3ncnc(N4CC[NH+](C(c5ccccc5)c5ccccc5)CC4)c23)cc1. The number of piperazine rings is 1. The number of quaternary nitrogens is 1. The number of fused-ring (bicyclic) bond motifs is 1. The second-order valence-electron chi connectivity index (χ2n) is 8.93. The highest BCUT2D eigenvalue weighted by Crippen LogP contribution is 2.38. The van der Waals surface area contributed by atoms with Crippen LogP contribution in [0.3, 0.4) is 0 Å². The minimum absolute atomic E-state index is 0.329. The molecular weight excluding hydrogens is 472 g/mol. The van der Waals surface area contributed by atoms with Crippen molar-refractivity contribution in [1.29, 1.82) is 0 Å². The number of hydrogen-bond donors (Lipinski definition) is 1. The molecule has 1 aliphatic rings. The van der Waals surface area contributed by atoms with E-state index in [9.17, 15) is 0 Å². The maximum atomic E-state index is 6.14.